The molecule has 3 aromatic carbocycles. The van der Waals surface area contributed by atoms with Crippen LogP contribution in [0.3, 0.4) is 0 Å². The zero-order valence-electron chi connectivity index (χ0n) is 18.9. The van der Waals surface area contributed by atoms with Gasteiger partial charge in [0.15, 0.2) is 0 Å². The van der Waals surface area contributed by atoms with E-state index in [2.05, 4.69) is 10.3 Å². The fraction of sp³-hybridized carbons (Fsp3) is 0.143. The molecule has 0 unspecified atom stereocenters. The van der Waals surface area contributed by atoms with Gasteiger partial charge in [-0.25, -0.2) is 4.79 Å². The first-order valence-electron chi connectivity index (χ1n) is 11.1. The lowest BCUT2D eigenvalue weighted by atomic mass is 10.1. The van der Waals surface area contributed by atoms with E-state index in [4.69, 9.17) is 9.47 Å². The molecule has 0 saturated carbocycles. The molecule has 0 fully saturated rings. The van der Waals surface area contributed by atoms with Gasteiger partial charge in [-0.05, 0) is 22.6 Å². The highest BCUT2D eigenvalue weighted by atomic mass is 16.5. The van der Waals surface area contributed by atoms with E-state index >= 15 is 0 Å². The second-order valence-corrected chi connectivity index (χ2v) is 7.89. The van der Waals surface area contributed by atoms with Crippen LogP contribution in [-0.4, -0.2) is 28.9 Å². The number of amides is 1. The Labute approximate surface area is 202 Å². The lowest BCUT2D eigenvalue weighted by Gasteiger charge is -2.17. The van der Waals surface area contributed by atoms with Crippen LogP contribution >= 0.6 is 0 Å². The van der Waals surface area contributed by atoms with Crippen molar-refractivity contribution in [3.63, 3.8) is 0 Å². The summed E-state index contributed by atoms with van der Waals surface area (Å²) in [6, 6.07) is 26.2. The molecule has 0 spiro atoms. The number of pyridine rings is 1. The van der Waals surface area contributed by atoms with Crippen LogP contribution in [0.25, 0.3) is 10.8 Å². The molecule has 1 atom stereocenters. The SMILES string of the molecule is O=C(C[C@H](NC(=O)c1cc2ccccc2cn1)C(=O)OCc1ccccc1)OCc1ccccc1. The molecule has 7 nitrogen and oxygen atoms in total. The standard InChI is InChI=1S/C28H24N2O5/c31-26(34-18-20-9-3-1-4-10-20)16-25(28(33)35-19-21-11-5-2-6-12-21)30-27(32)24-15-22-13-7-8-14-23(22)17-29-24/h1-15,17,25H,16,18-19H2,(H,30,32)/t25-/m0/s1. The Kier molecular flexibility index (Phi) is 7.81. The average Bonchev–Trinajstić information content (AvgIpc) is 2.91. The van der Waals surface area contributed by atoms with Crippen LogP contribution in [0.2, 0.25) is 0 Å². The largest absolute Gasteiger partial charge is 0.461 e. The Hall–Kier alpha value is -4.52. The van der Waals surface area contributed by atoms with Crippen molar-refractivity contribution in [1.82, 2.24) is 10.3 Å². The van der Waals surface area contributed by atoms with E-state index in [0.29, 0.717) is 0 Å². The summed E-state index contributed by atoms with van der Waals surface area (Å²) < 4.78 is 10.7. The molecular formula is C28H24N2O5. The Bertz CT molecular complexity index is 1310. The van der Waals surface area contributed by atoms with Crippen molar-refractivity contribution in [1.29, 1.82) is 0 Å². The topological polar surface area (TPSA) is 94.6 Å². The highest BCUT2D eigenvalue weighted by molar-refractivity contribution is 5.99. The summed E-state index contributed by atoms with van der Waals surface area (Å²) in [6.07, 6.45) is 1.21. The van der Waals surface area contributed by atoms with Gasteiger partial charge in [-0.2, -0.15) is 0 Å². The first-order chi connectivity index (χ1) is 17.1. The van der Waals surface area contributed by atoms with Crippen LogP contribution in [0.5, 0.6) is 0 Å². The molecule has 0 radical (unpaired) electrons. The molecule has 7 heteroatoms. The fourth-order valence-corrected chi connectivity index (χ4v) is 3.43. The third kappa shape index (κ3) is 6.74. The van der Waals surface area contributed by atoms with Crippen molar-refractivity contribution in [3.05, 3.63) is 114 Å². The number of rotatable bonds is 9. The Balaban J connectivity index is 1.44. The van der Waals surface area contributed by atoms with Gasteiger partial charge in [-0.3, -0.25) is 14.6 Å². The van der Waals surface area contributed by atoms with Crippen LogP contribution in [-0.2, 0) is 32.3 Å². The highest BCUT2D eigenvalue weighted by Gasteiger charge is 2.27. The molecule has 0 aliphatic heterocycles. The van der Waals surface area contributed by atoms with Crippen LogP contribution in [0, 0.1) is 0 Å². The molecule has 1 heterocycles. The molecule has 0 bridgehead atoms. The van der Waals surface area contributed by atoms with Gasteiger partial charge < -0.3 is 14.8 Å². The molecule has 176 valence electrons. The van der Waals surface area contributed by atoms with E-state index < -0.39 is 23.9 Å². The molecule has 4 aromatic rings. The van der Waals surface area contributed by atoms with Gasteiger partial charge in [0.05, 0.1) is 6.42 Å². The first-order valence-corrected chi connectivity index (χ1v) is 11.1. The molecule has 0 saturated heterocycles. The Morgan fingerprint density at radius 3 is 1.97 bits per heavy atom. The summed E-state index contributed by atoms with van der Waals surface area (Å²) >= 11 is 0. The maximum Gasteiger partial charge on any atom is 0.329 e. The van der Waals surface area contributed by atoms with Crippen molar-refractivity contribution in [3.8, 4) is 0 Å². The number of ether oxygens (including phenoxy) is 2. The predicted octanol–water partition coefficient (Wildman–Crippen LogP) is 4.21. The summed E-state index contributed by atoms with van der Waals surface area (Å²) in [5.41, 5.74) is 1.73. The van der Waals surface area contributed by atoms with Crippen LogP contribution in [0.4, 0.5) is 0 Å². The number of benzene rings is 3. The zero-order valence-corrected chi connectivity index (χ0v) is 18.9. The predicted molar refractivity (Wildman–Crippen MR) is 130 cm³/mol. The quantitative estimate of drug-likeness (QED) is 0.370. The third-order valence-electron chi connectivity index (χ3n) is 5.29. The van der Waals surface area contributed by atoms with Crippen molar-refractivity contribution < 1.29 is 23.9 Å². The Morgan fingerprint density at radius 1 is 0.743 bits per heavy atom. The minimum absolute atomic E-state index is 0.0132. The number of carbonyl (C=O) groups is 3. The molecule has 4 rings (SSSR count). The summed E-state index contributed by atoms with van der Waals surface area (Å²) in [4.78, 5) is 42.4. The molecule has 1 aromatic heterocycles. The van der Waals surface area contributed by atoms with Gasteiger partial charge in [-0.15, -0.1) is 0 Å². The number of nitrogens with one attached hydrogen (secondary N) is 1. The van der Waals surface area contributed by atoms with E-state index in [-0.39, 0.29) is 25.3 Å². The molecule has 1 amide bonds. The summed E-state index contributed by atoms with van der Waals surface area (Å²) in [6.45, 7) is 0.0744. The molecular weight excluding hydrogens is 444 g/mol. The van der Waals surface area contributed by atoms with E-state index in [1.54, 1.807) is 12.3 Å². The summed E-state index contributed by atoms with van der Waals surface area (Å²) in [7, 11) is 0. The van der Waals surface area contributed by atoms with Crippen LogP contribution in [0.15, 0.2) is 97.2 Å². The lowest BCUT2D eigenvalue weighted by molar-refractivity contribution is -0.153. The normalized spacial score (nSPS) is 11.4. The van der Waals surface area contributed by atoms with E-state index in [0.717, 1.165) is 21.9 Å². The second kappa shape index (κ2) is 11.6. The number of esters is 2. The Morgan fingerprint density at radius 2 is 1.31 bits per heavy atom. The summed E-state index contributed by atoms with van der Waals surface area (Å²) in [5, 5.41) is 4.30. The number of fused-ring (bicyclic) bond motifs is 1. The van der Waals surface area contributed by atoms with Crippen molar-refractivity contribution in [2.45, 2.75) is 25.7 Å². The number of nitrogens with zero attached hydrogens (tertiary/aromatic N) is 1. The van der Waals surface area contributed by atoms with Gasteiger partial charge in [0.25, 0.3) is 5.91 Å². The number of aromatic nitrogens is 1. The number of carbonyl (C=O) groups excluding carboxylic acids is 3. The van der Waals surface area contributed by atoms with Gasteiger partial charge >= 0.3 is 11.9 Å². The van der Waals surface area contributed by atoms with E-state index in [9.17, 15) is 14.4 Å². The first kappa shape index (κ1) is 23.6. The van der Waals surface area contributed by atoms with Gasteiger partial charge in [0.1, 0.15) is 24.9 Å². The molecule has 1 N–H and O–H groups in total. The highest BCUT2D eigenvalue weighted by Crippen LogP contribution is 2.14. The maximum atomic E-state index is 12.9. The average molecular weight is 469 g/mol. The molecule has 35 heavy (non-hydrogen) atoms. The van der Waals surface area contributed by atoms with Gasteiger partial charge in [0, 0.05) is 11.6 Å². The second-order valence-electron chi connectivity index (χ2n) is 7.89. The summed E-state index contributed by atoms with van der Waals surface area (Å²) in [5.74, 6) is -1.96. The number of hydrogen-bond donors (Lipinski definition) is 1. The van der Waals surface area contributed by atoms with Crippen LogP contribution in [0.1, 0.15) is 28.0 Å². The van der Waals surface area contributed by atoms with Crippen molar-refractivity contribution >= 4 is 28.6 Å². The lowest BCUT2D eigenvalue weighted by Crippen LogP contribution is -2.43. The monoisotopic (exact) mass is 468 g/mol. The van der Waals surface area contributed by atoms with Crippen molar-refractivity contribution in [2.24, 2.45) is 0 Å². The number of hydrogen-bond acceptors (Lipinski definition) is 6. The van der Waals surface area contributed by atoms with Gasteiger partial charge in [-0.1, -0.05) is 84.9 Å². The maximum absolute atomic E-state index is 12.9. The minimum atomic E-state index is -1.23. The fourth-order valence-electron chi connectivity index (χ4n) is 3.43. The van der Waals surface area contributed by atoms with Crippen molar-refractivity contribution in [2.75, 3.05) is 0 Å². The smallest absolute Gasteiger partial charge is 0.329 e. The molecule has 0 aliphatic rings. The van der Waals surface area contributed by atoms with E-state index in [1.165, 1.54) is 0 Å². The minimum Gasteiger partial charge on any atom is -0.461 e. The zero-order chi connectivity index (χ0) is 24.5. The van der Waals surface area contributed by atoms with Crippen LogP contribution < -0.4 is 5.32 Å². The van der Waals surface area contributed by atoms with Gasteiger partial charge in [0.2, 0.25) is 0 Å². The molecule has 0 aliphatic carbocycles. The third-order valence-corrected chi connectivity index (χ3v) is 5.29. The van der Waals surface area contributed by atoms with E-state index in [1.807, 2.05) is 84.9 Å².